The lowest BCUT2D eigenvalue weighted by molar-refractivity contribution is 0.263. The molecule has 0 spiro atoms. The molecule has 2 rings (SSSR count). The Bertz CT molecular complexity index is 565. The van der Waals surface area contributed by atoms with E-state index in [0.29, 0.717) is 17.5 Å². The molecule has 7 nitrogen and oxygen atoms in total. The van der Waals surface area contributed by atoms with Gasteiger partial charge in [0.15, 0.2) is 11.0 Å². The Kier molecular flexibility index (Phi) is 5.75. The average Bonchev–Trinajstić information content (AvgIpc) is 3.03. The molecule has 116 valence electrons. The van der Waals surface area contributed by atoms with Crippen molar-refractivity contribution in [3.8, 4) is 0 Å². The summed E-state index contributed by atoms with van der Waals surface area (Å²) in [6, 6.07) is 0. The summed E-state index contributed by atoms with van der Waals surface area (Å²) < 4.78 is 3.90. The van der Waals surface area contributed by atoms with Crippen LogP contribution >= 0.6 is 11.8 Å². The summed E-state index contributed by atoms with van der Waals surface area (Å²) in [5.41, 5.74) is 0. The molecule has 0 radical (unpaired) electrons. The van der Waals surface area contributed by atoms with E-state index in [1.807, 2.05) is 9.25 Å². The molecular weight excluding hydrogens is 288 g/mol. The number of aliphatic hydroxyl groups excluding tert-OH is 1. The molecule has 1 N–H and O–H groups in total. The molecule has 21 heavy (non-hydrogen) atoms. The summed E-state index contributed by atoms with van der Waals surface area (Å²) in [6.45, 7) is 7.99. The van der Waals surface area contributed by atoms with Crippen LogP contribution in [0.2, 0.25) is 0 Å². The molecule has 0 saturated heterocycles. The van der Waals surface area contributed by atoms with E-state index in [1.165, 1.54) is 0 Å². The van der Waals surface area contributed by atoms with Crippen LogP contribution < -0.4 is 0 Å². The van der Waals surface area contributed by atoms with Crippen LogP contribution in [0.15, 0.2) is 11.5 Å². The summed E-state index contributed by atoms with van der Waals surface area (Å²) in [5.74, 6) is 2.77. The number of rotatable bonds is 8. The normalized spacial score (nSPS) is 11.5. The first kappa shape index (κ1) is 16.0. The third kappa shape index (κ3) is 4.04. The predicted octanol–water partition coefficient (Wildman–Crippen LogP) is 1.72. The van der Waals surface area contributed by atoms with Crippen molar-refractivity contribution in [1.29, 1.82) is 0 Å². The summed E-state index contributed by atoms with van der Waals surface area (Å²) >= 11 is 1.58. The molecule has 0 saturated carbocycles. The van der Waals surface area contributed by atoms with E-state index in [1.54, 1.807) is 18.1 Å². The Morgan fingerprint density at radius 2 is 2.10 bits per heavy atom. The molecule has 0 aliphatic carbocycles. The summed E-state index contributed by atoms with van der Waals surface area (Å²) in [7, 11) is 0. The molecule has 0 aliphatic heterocycles. The highest BCUT2D eigenvalue weighted by Crippen LogP contribution is 2.21. The minimum atomic E-state index is -0.0862. The lowest BCUT2D eigenvalue weighted by Gasteiger charge is -2.09. The zero-order chi connectivity index (χ0) is 15.2. The van der Waals surface area contributed by atoms with Crippen molar-refractivity contribution in [1.82, 2.24) is 29.5 Å². The SMILES string of the molecule is CCCn1c(CO)nnc1SCc1ncnn1CC(C)C. The van der Waals surface area contributed by atoms with E-state index >= 15 is 0 Å². The average molecular weight is 310 g/mol. The maximum atomic E-state index is 9.29. The lowest BCUT2D eigenvalue weighted by Crippen LogP contribution is -2.10. The molecule has 0 bridgehead atoms. The molecule has 0 aliphatic rings. The molecule has 2 aromatic rings. The van der Waals surface area contributed by atoms with E-state index in [9.17, 15) is 5.11 Å². The molecule has 0 unspecified atom stereocenters. The van der Waals surface area contributed by atoms with Crippen LogP contribution in [0.25, 0.3) is 0 Å². The van der Waals surface area contributed by atoms with Crippen LogP contribution in [0.3, 0.4) is 0 Å². The van der Waals surface area contributed by atoms with Crippen molar-refractivity contribution < 1.29 is 5.11 Å². The maximum Gasteiger partial charge on any atom is 0.191 e. The number of nitrogens with zero attached hydrogens (tertiary/aromatic N) is 6. The van der Waals surface area contributed by atoms with Gasteiger partial charge < -0.3 is 9.67 Å². The topological polar surface area (TPSA) is 81.7 Å². The largest absolute Gasteiger partial charge is 0.388 e. The van der Waals surface area contributed by atoms with Gasteiger partial charge in [-0.25, -0.2) is 9.67 Å². The summed E-state index contributed by atoms with van der Waals surface area (Å²) in [4.78, 5) is 4.31. The van der Waals surface area contributed by atoms with Gasteiger partial charge in [0.1, 0.15) is 18.8 Å². The van der Waals surface area contributed by atoms with Crippen LogP contribution in [0.1, 0.15) is 38.8 Å². The molecule has 8 heteroatoms. The van der Waals surface area contributed by atoms with Crippen LogP contribution in [0.5, 0.6) is 0 Å². The van der Waals surface area contributed by atoms with E-state index in [0.717, 1.165) is 30.5 Å². The fourth-order valence-corrected chi connectivity index (χ4v) is 2.95. The Hall–Kier alpha value is -1.41. The Labute approximate surface area is 128 Å². The first-order valence-electron chi connectivity index (χ1n) is 7.18. The molecule has 0 amide bonds. The fourth-order valence-electron chi connectivity index (χ4n) is 2.02. The Morgan fingerprint density at radius 1 is 1.29 bits per heavy atom. The molecular formula is C13H22N6OS. The second-order valence-corrected chi connectivity index (χ2v) is 6.19. The van der Waals surface area contributed by atoms with E-state index in [4.69, 9.17) is 0 Å². The van der Waals surface area contributed by atoms with Crippen molar-refractivity contribution in [3.05, 3.63) is 18.0 Å². The molecule has 0 fully saturated rings. The first-order chi connectivity index (χ1) is 10.2. The smallest absolute Gasteiger partial charge is 0.191 e. The van der Waals surface area contributed by atoms with Crippen LogP contribution in [0, 0.1) is 5.92 Å². The molecule has 0 atom stereocenters. The van der Waals surface area contributed by atoms with Gasteiger partial charge in [-0.1, -0.05) is 32.5 Å². The van der Waals surface area contributed by atoms with Gasteiger partial charge in [-0.15, -0.1) is 10.2 Å². The highest BCUT2D eigenvalue weighted by atomic mass is 32.2. The Balaban J connectivity index is 2.06. The van der Waals surface area contributed by atoms with E-state index in [-0.39, 0.29) is 6.61 Å². The number of aliphatic hydroxyl groups is 1. The quantitative estimate of drug-likeness (QED) is 0.748. The minimum Gasteiger partial charge on any atom is -0.388 e. The number of thioether (sulfide) groups is 1. The standard InChI is InChI=1S/C13H22N6OS/c1-4-5-18-11(7-20)16-17-13(18)21-8-12-14-9-15-19(12)6-10(2)3/h9-10,20H,4-8H2,1-3H3. The monoisotopic (exact) mass is 310 g/mol. The summed E-state index contributed by atoms with van der Waals surface area (Å²) in [6.07, 6.45) is 2.57. The zero-order valence-corrected chi connectivity index (χ0v) is 13.5. The fraction of sp³-hybridized carbons (Fsp3) is 0.692. The third-order valence-electron chi connectivity index (χ3n) is 2.95. The van der Waals surface area contributed by atoms with Gasteiger partial charge in [0.2, 0.25) is 0 Å². The van der Waals surface area contributed by atoms with Crippen LogP contribution in [0.4, 0.5) is 0 Å². The van der Waals surface area contributed by atoms with Gasteiger partial charge in [0, 0.05) is 13.1 Å². The zero-order valence-electron chi connectivity index (χ0n) is 12.7. The van der Waals surface area contributed by atoms with Gasteiger partial charge in [0.25, 0.3) is 0 Å². The predicted molar refractivity (Wildman–Crippen MR) is 80.7 cm³/mol. The van der Waals surface area contributed by atoms with Crippen molar-refractivity contribution in [2.75, 3.05) is 0 Å². The second kappa shape index (κ2) is 7.56. The lowest BCUT2D eigenvalue weighted by atomic mass is 10.2. The van der Waals surface area contributed by atoms with Gasteiger partial charge in [-0.2, -0.15) is 5.10 Å². The Morgan fingerprint density at radius 3 is 2.76 bits per heavy atom. The maximum absolute atomic E-state index is 9.29. The van der Waals surface area contributed by atoms with Gasteiger partial charge >= 0.3 is 0 Å². The van der Waals surface area contributed by atoms with Gasteiger partial charge in [-0.3, -0.25) is 0 Å². The van der Waals surface area contributed by atoms with Crippen molar-refractivity contribution in [2.45, 2.75) is 57.8 Å². The second-order valence-electron chi connectivity index (χ2n) is 5.25. The van der Waals surface area contributed by atoms with E-state index < -0.39 is 0 Å². The molecule has 2 heterocycles. The van der Waals surface area contributed by atoms with E-state index in [2.05, 4.69) is 41.1 Å². The highest BCUT2D eigenvalue weighted by Gasteiger charge is 2.13. The highest BCUT2D eigenvalue weighted by molar-refractivity contribution is 7.98. The molecule has 2 aromatic heterocycles. The van der Waals surface area contributed by atoms with Gasteiger partial charge in [0.05, 0.1) is 5.75 Å². The number of aromatic nitrogens is 6. The number of hydrogen-bond donors (Lipinski definition) is 1. The van der Waals surface area contributed by atoms with Crippen molar-refractivity contribution in [2.24, 2.45) is 5.92 Å². The van der Waals surface area contributed by atoms with Crippen molar-refractivity contribution >= 4 is 11.8 Å². The number of hydrogen-bond acceptors (Lipinski definition) is 6. The summed E-state index contributed by atoms with van der Waals surface area (Å²) in [5, 5.41) is 22.5. The molecule has 0 aromatic carbocycles. The van der Waals surface area contributed by atoms with Crippen LogP contribution in [-0.4, -0.2) is 34.6 Å². The van der Waals surface area contributed by atoms with Crippen molar-refractivity contribution in [3.63, 3.8) is 0 Å². The minimum absolute atomic E-state index is 0.0862. The van der Waals surface area contributed by atoms with Gasteiger partial charge in [-0.05, 0) is 12.3 Å². The third-order valence-corrected chi connectivity index (χ3v) is 3.91. The first-order valence-corrected chi connectivity index (χ1v) is 8.16. The van der Waals surface area contributed by atoms with Crippen LogP contribution in [-0.2, 0) is 25.4 Å².